The zero-order chi connectivity index (χ0) is 34.9. The van der Waals surface area contributed by atoms with E-state index in [9.17, 15) is 14.3 Å². The van der Waals surface area contributed by atoms with E-state index >= 15 is 0 Å². The highest BCUT2D eigenvalue weighted by Gasteiger charge is 2.26. The minimum atomic E-state index is -4.26. The van der Waals surface area contributed by atoms with Gasteiger partial charge in [0.05, 0.1) is 34.4 Å². The van der Waals surface area contributed by atoms with Gasteiger partial charge in [0.1, 0.15) is 19.3 Å². The lowest BCUT2D eigenvalue weighted by molar-refractivity contribution is -0.870. The van der Waals surface area contributed by atoms with E-state index < -0.39 is 13.9 Å². The molecule has 280 valence electrons. The van der Waals surface area contributed by atoms with Crippen molar-refractivity contribution >= 4 is 13.8 Å². The molecule has 0 aliphatic rings. The molecule has 8 nitrogen and oxygen atoms in total. The molecule has 0 amide bonds. The van der Waals surface area contributed by atoms with Gasteiger partial charge in [0.15, 0.2) is 0 Å². The van der Waals surface area contributed by atoms with E-state index in [-0.39, 0.29) is 25.8 Å². The molecule has 0 rings (SSSR count). The fraction of sp³-hybridized carbons (Fsp3) is 0.921. The third-order valence-electron chi connectivity index (χ3n) is 8.33. The fourth-order valence-electron chi connectivity index (χ4n) is 5.25. The predicted molar refractivity (Wildman–Crippen MR) is 197 cm³/mol. The predicted octanol–water partition coefficient (Wildman–Crippen LogP) is 10.7. The zero-order valence-electron chi connectivity index (χ0n) is 31.5. The van der Waals surface area contributed by atoms with E-state index in [1.165, 1.54) is 109 Å². The molecule has 47 heavy (non-hydrogen) atoms. The first-order chi connectivity index (χ1) is 22.6. The smallest absolute Gasteiger partial charge is 0.457 e. The zero-order valence-corrected chi connectivity index (χ0v) is 32.4. The van der Waals surface area contributed by atoms with Crippen molar-refractivity contribution in [3.63, 3.8) is 0 Å². The largest absolute Gasteiger partial charge is 0.472 e. The summed E-state index contributed by atoms with van der Waals surface area (Å²) >= 11 is 0. The monoisotopic (exact) mass is 691 g/mol. The summed E-state index contributed by atoms with van der Waals surface area (Å²) in [5.74, 6) is -0.322. The van der Waals surface area contributed by atoms with Crippen LogP contribution in [0.25, 0.3) is 0 Å². The SMILES string of the molecule is CCCCCC/C=C\CCCCCCCC(=O)O[C@H](COCCCCCCCCCCCCCC)COP(=O)(O)OCC[N+](C)(C)C. The number of phosphoric acid groups is 1. The van der Waals surface area contributed by atoms with Crippen molar-refractivity contribution in [1.29, 1.82) is 0 Å². The van der Waals surface area contributed by atoms with Gasteiger partial charge in [-0.05, 0) is 38.5 Å². The number of carbonyl (C=O) groups is 1. The summed E-state index contributed by atoms with van der Waals surface area (Å²) in [6.07, 6.45) is 32.3. The van der Waals surface area contributed by atoms with Gasteiger partial charge < -0.3 is 18.9 Å². The van der Waals surface area contributed by atoms with E-state index in [2.05, 4.69) is 26.0 Å². The minimum absolute atomic E-state index is 0.0898. The average molecular weight is 691 g/mol. The first-order valence-corrected chi connectivity index (χ1v) is 20.9. The molecule has 0 spiro atoms. The number of carbonyl (C=O) groups excluding carboxylic acids is 1. The highest BCUT2D eigenvalue weighted by Crippen LogP contribution is 2.43. The lowest BCUT2D eigenvalue weighted by Gasteiger charge is -2.24. The Balaban J connectivity index is 4.30. The summed E-state index contributed by atoms with van der Waals surface area (Å²) in [5, 5.41) is 0. The first kappa shape index (κ1) is 46.2. The molecule has 0 fully saturated rings. The van der Waals surface area contributed by atoms with Crippen molar-refractivity contribution < 1.29 is 37.3 Å². The number of hydrogen-bond donors (Lipinski definition) is 1. The van der Waals surface area contributed by atoms with Crippen LogP contribution in [0.5, 0.6) is 0 Å². The lowest BCUT2D eigenvalue weighted by atomic mass is 10.1. The van der Waals surface area contributed by atoms with Crippen molar-refractivity contribution in [2.75, 3.05) is 54.1 Å². The summed E-state index contributed by atoms with van der Waals surface area (Å²) in [4.78, 5) is 22.7. The van der Waals surface area contributed by atoms with E-state index in [4.69, 9.17) is 18.5 Å². The topological polar surface area (TPSA) is 91.3 Å². The Morgan fingerprint density at radius 1 is 0.638 bits per heavy atom. The van der Waals surface area contributed by atoms with Gasteiger partial charge in [-0.15, -0.1) is 0 Å². The molecule has 2 atom stereocenters. The molecule has 0 aromatic rings. The quantitative estimate of drug-likeness (QED) is 0.0230. The normalized spacial score (nSPS) is 14.1. The van der Waals surface area contributed by atoms with Crippen LogP contribution in [0.4, 0.5) is 0 Å². The molecule has 0 aromatic heterocycles. The van der Waals surface area contributed by atoms with Crippen LogP contribution >= 0.6 is 7.82 Å². The van der Waals surface area contributed by atoms with Gasteiger partial charge in [-0.25, -0.2) is 4.57 Å². The van der Waals surface area contributed by atoms with Crippen LogP contribution in [-0.2, 0) is 27.9 Å². The second-order valence-electron chi connectivity index (χ2n) is 14.3. The van der Waals surface area contributed by atoms with Gasteiger partial charge in [0, 0.05) is 13.0 Å². The number of ether oxygens (including phenoxy) is 2. The summed E-state index contributed by atoms with van der Waals surface area (Å²) in [5.41, 5.74) is 0. The molecule has 1 unspecified atom stereocenters. The molecule has 0 aromatic carbocycles. The Morgan fingerprint density at radius 2 is 1.11 bits per heavy atom. The molecule has 9 heteroatoms. The standard InChI is InChI=1S/C38H76NO7P/c1-6-8-10-12-14-16-18-20-21-23-25-27-29-31-38(40)46-37(36-45-47(41,42)44-34-32-39(3,4)5)35-43-33-30-28-26-24-22-19-17-15-13-11-9-7-2/h16,18,37H,6-15,17,19-36H2,1-5H3/p+1/b18-16-/t37-/m1/s1. The maximum Gasteiger partial charge on any atom is 0.472 e. The van der Waals surface area contributed by atoms with Crippen LogP contribution in [0, 0.1) is 0 Å². The summed E-state index contributed by atoms with van der Waals surface area (Å²) < 4.78 is 34.8. The molecule has 0 heterocycles. The van der Waals surface area contributed by atoms with Crippen molar-refractivity contribution in [2.24, 2.45) is 0 Å². The summed E-state index contributed by atoms with van der Waals surface area (Å²) in [6.45, 7) is 5.61. The molecule has 0 aliphatic carbocycles. The number of esters is 1. The molecular formula is C38H77NO7P+. The van der Waals surface area contributed by atoms with Crippen LogP contribution in [0.1, 0.15) is 168 Å². The molecule has 0 bridgehead atoms. The molecule has 0 radical (unpaired) electrons. The summed E-state index contributed by atoms with van der Waals surface area (Å²) in [6, 6.07) is 0. The molecule has 0 saturated heterocycles. The average Bonchev–Trinajstić information content (AvgIpc) is 3.01. The van der Waals surface area contributed by atoms with Gasteiger partial charge in [-0.2, -0.15) is 0 Å². The Kier molecular flexibility index (Phi) is 31.9. The highest BCUT2D eigenvalue weighted by molar-refractivity contribution is 7.47. The lowest BCUT2D eigenvalue weighted by Crippen LogP contribution is -2.37. The fourth-order valence-corrected chi connectivity index (χ4v) is 5.99. The first-order valence-electron chi connectivity index (χ1n) is 19.4. The number of quaternary nitrogens is 1. The van der Waals surface area contributed by atoms with Gasteiger partial charge in [-0.3, -0.25) is 13.8 Å². The van der Waals surface area contributed by atoms with Crippen LogP contribution in [0.15, 0.2) is 12.2 Å². The van der Waals surface area contributed by atoms with Crippen molar-refractivity contribution in [2.45, 2.75) is 174 Å². The maximum atomic E-state index is 12.6. The van der Waals surface area contributed by atoms with E-state index in [1.54, 1.807) is 0 Å². The molecular weight excluding hydrogens is 613 g/mol. The maximum absolute atomic E-state index is 12.6. The Bertz CT molecular complexity index is 772. The van der Waals surface area contributed by atoms with Crippen molar-refractivity contribution in [3.8, 4) is 0 Å². The van der Waals surface area contributed by atoms with Gasteiger partial charge >= 0.3 is 13.8 Å². The van der Waals surface area contributed by atoms with Crippen molar-refractivity contribution in [1.82, 2.24) is 0 Å². The van der Waals surface area contributed by atoms with Gasteiger partial charge in [0.2, 0.25) is 0 Å². The minimum Gasteiger partial charge on any atom is -0.457 e. The van der Waals surface area contributed by atoms with Crippen LogP contribution in [-0.4, -0.2) is 75.6 Å². The molecule has 0 saturated carbocycles. The van der Waals surface area contributed by atoms with Gasteiger partial charge in [-0.1, -0.05) is 135 Å². The second-order valence-corrected chi connectivity index (χ2v) is 15.8. The van der Waals surface area contributed by atoms with Crippen LogP contribution in [0.3, 0.4) is 0 Å². The third kappa shape index (κ3) is 36.3. The highest BCUT2D eigenvalue weighted by atomic mass is 31.2. The van der Waals surface area contributed by atoms with E-state index in [0.717, 1.165) is 38.5 Å². The number of hydrogen-bond acceptors (Lipinski definition) is 6. The van der Waals surface area contributed by atoms with E-state index in [1.807, 2.05) is 21.1 Å². The number of unbranched alkanes of at least 4 members (excludes halogenated alkanes) is 20. The number of rotatable bonds is 36. The number of nitrogens with zero attached hydrogens (tertiary/aromatic N) is 1. The molecule has 1 N–H and O–H groups in total. The molecule has 0 aliphatic heterocycles. The Morgan fingerprint density at radius 3 is 1.64 bits per heavy atom. The number of phosphoric ester groups is 1. The third-order valence-corrected chi connectivity index (χ3v) is 9.31. The van der Waals surface area contributed by atoms with Gasteiger partial charge in [0.25, 0.3) is 0 Å². The Hall–Kier alpha value is -0.760. The summed E-state index contributed by atoms with van der Waals surface area (Å²) in [7, 11) is 1.67. The van der Waals surface area contributed by atoms with Crippen molar-refractivity contribution in [3.05, 3.63) is 12.2 Å². The second kappa shape index (κ2) is 32.4. The van der Waals surface area contributed by atoms with Crippen LogP contribution < -0.4 is 0 Å². The Labute approximate surface area is 290 Å². The van der Waals surface area contributed by atoms with Crippen LogP contribution in [0.2, 0.25) is 0 Å². The number of likely N-dealkylation sites (N-methyl/N-ethyl adjacent to an activating group) is 1. The number of allylic oxidation sites excluding steroid dienone is 2. The van der Waals surface area contributed by atoms with E-state index in [0.29, 0.717) is 24.1 Å².